The van der Waals surface area contributed by atoms with Crippen LogP contribution in [0.2, 0.25) is 0 Å². The Kier molecular flexibility index (Phi) is 3.33. The molecule has 0 aliphatic carbocycles. The van der Waals surface area contributed by atoms with E-state index in [1.165, 1.54) is 12.1 Å². The number of nitrogens with two attached hydrogens (primary N) is 1. The summed E-state index contributed by atoms with van der Waals surface area (Å²) in [5.41, 5.74) is 4.92. The fourth-order valence-electron chi connectivity index (χ4n) is 0.906. The third kappa shape index (κ3) is 2.45. The predicted octanol–water partition coefficient (Wildman–Crippen LogP) is 2.85. The van der Waals surface area contributed by atoms with Crippen LogP contribution in [0.4, 0.5) is 13.2 Å². The minimum atomic E-state index is -2.76. The van der Waals surface area contributed by atoms with Crippen LogP contribution in [-0.2, 0) is 0 Å². The molecule has 1 aromatic rings. The summed E-state index contributed by atoms with van der Waals surface area (Å²) in [4.78, 5) is 0. The van der Waals surface area contributed by atoms with E-state index in [2.05, 4.69) is 15.9 Å². The Morgan fingerprint density at radius 1 is 1.31 bits per heavy atom. The van der Waals surface area contributed by atoms with Gasteiger partial charge in [0.25, 0.3) is 6.43 Å². The summed E-state index contributed by atoms with van der Waals surface area (Å²) in [6.07, 6.45) is -2.76. The lowest BCUT2D eigenvalue weighted by Crippen LogP contribution is -2.20. The molecule has 0 amide bonds. The Morgan fingerprint density at radius 2 is 1.92 bits per heavy atom. The van der Waals surface area contributed by atoms with Gasteiger partial charge in [-0.3, -0.25) is 0 Å². The number of rotatable bonds is 2. The summed E-state index contributed by atoms with van der Waals surface area (Å²) >= 11 is 3.05. The van der Waals surface area contributed by atoms with Gasteiger partial charge in [0, 0.05) is 10.0 Å². The highest BCUT2D eigenvalue weighted by atomic mass is 79.9. The molecule has 0 saturated carbocycles. The second-order valence-electron chi connectivity index (χ2n) is 2.53. The van der Waals surface area contributed by atoms with Crippen molar-refractivity contribution < 1.29 is 13.2 Å². The van der Waals surface area contributed by atoms with Gasteiger partial charge < -0.3 is 5.73 Å². The Bertz CT molecular complexity index is 303. The van der Waals surface area contributed by atoms with Crippen LogP contribution in [-0.4, -0.2) is 6.43 Å². The summed E-state index contributed by atoms with van der Waals surface area (Å²) in [5, 5.41) is 0. The van der Waals surface area contributed by atoms with Crippen molar-refractivity contribution in [2.24, 2.45) is 5.73 Å². The molecule has 0 bridgehead atoms. The van der Waals surface area contributed by atoms with Gasteiger partial charge in [-0.2, -0.15) is 0 Å². The zero-order valence-electron chi connectivity index (χ0n) is 6.48. The van der Waals surface area contributed by atoms with Crippen LogP contribution in [0.15, 0.2) is 22.7 Å². The third-order valence-electron chi connectivity index (χ3n) is 1.59. The van der Waals surface area contributed by atoms with E-state index in [1.807, 2.05) is 0 Å². The summed E-state index contributed by atoms with van der Waals surface area (Å²) < 4.78 is 37.7. The molecule has 0 heterocycles. The standard InChI is InChI=1S/C8H7BrF3N/c9-4-1-2-6(10)5(3-4)7(13)8(11)12/h1-3,7-8H,13H2/t7-/m1/s1. The fraction of sp³-hybridized carbons (Fsp3) is 0.250. The Morgan fingerprint density at radius 3 is 2.46 bits per heavy atom. The van der Waals surface area contributed by atoms with E-state index in [1.54, 1.807) is 0 Å². The number of benzene rings is 1. The van der Waals surface area contributed by atoms with Gasteiger partial charge in [-0.1, -0.05) is 15.9 Å². The van der Waals surface area contributed by atoms with Crippen LogP contribution in [0.3, 0.4) is 0 Å². The number of halogens is 4. The highest BCUT2D eigenvalue weighted by Crippen LogP contribution is 2.24. The number of hydrogen-bond acceptors (Lipinski definition) is 1. The van der Waals surface area contributed by atoms with Crippen LogP contribution in [0, 0.1) is 5.82 Å². The molecule has 1 nitrogen and oxygen atoms in total. The normalized spacial score (nSPS) is 13.4. The van der Waals surface area contributed by atoms with E-state index in [9.17, 15) is 13.2 Å². The zero-order chi connectivity index (χ0) is 10.0. The van der Waals surface area contributed by atoms with Crippen LogP contribution >= 0.6 is 15.9 Å². The number of hydrogen-bond donors (Lipinski definition) is 1. The fourth-order valence-corrected chi connectivity index (χ4v) is 1.28. The van der Waals surface area contributed by atoms with Crippen molar-refractivity contribution in [2.45, 2.75) is 12.5 Å². The van der Waals surface area contributed by atoms with E-state index in [0.717, 1.165) is 6.07 Å². The van der Waals surface area contributed by atoms with Crippen molar-refractivity contribution in [3.8, 4) is 0 Å². The van der Waals surface area contributed by atoms with Gasteiger partial charge in [-0.05, 0) is 18.2 Å². The van der Waals surface area contributed by atoms with Gasteiger partial charge in [-0.15, -0.1) is 0 Å². The minimum absolute atomic E-state index is 0.177. The summed E-state index contributed by atoms with van der Waals surface area (Å²) in [6, 6.07) is 2.21. The first-order valence-electron chi connectivity index (χ1n) is 3.51. The molecule has 0 saturated heterocycles. The summed E-state index contributed by atoms with van der Waals surface area (Å²) in [5.74, 6) is -0.712. The molecule has 0 aromatic heterocycles. The molecule has 0 radical (unpaired) electrons. The maximum absolute atomic E-state index is 12.9. The molecular weight excluding hydrogens is 247 g/mol. The van der Waals surface area contributed by atoms with Gasteiger partial charge in [-0.25, -0.2) is 13.2 Å². The van der Waals surface area contributed by atoms with Crippen LogP contribution in [0.1, 0.15) is 11.6 Å². The monoisotopic (exact) mass is 253 g/mol. The van der Waals surface area contributed by atoms with Crippen molar-refractivity contribution >= 4 is 15.9 Å². The Hall–Kier alpha value is -0.550. The van der Waals surface area contributed by atoms with Crippen LogP contribution < -0.4 is 5.73 Å². The summed E-state index contributed by atoms with van der Waals surface area (Å²) in [7, 11) is 0. The molecule has 1 aromatic carbocycles. The van der Waals surface area contributed by atoms with E-state index >= 15 is 0 Å². The summed E-state index contributed by atoms with van der Waals surface area (Å²) in [6.45, 7) is 0. The molecule has 5 heteroatoms. The first-order chi connectivity index (χ1) is 6.02. The molecule has 0 spiro atoms. The van der Waals surface area contributed by atoms with Crippen molar-refractivity contribution in [2.75, 3.05) is 0 Å². The average molecular weight is 254 g/mol. The topological polar surface area (TPSA) is 26.0 Å². The van der Waals surface area contributed by atoms with E-state index < -0.39 is 18.3 Å². The average Bonchev–Trinajstić information content (AvgIpc) is 2.08. The molecule has 0 fully saturated rings. The van der Waals surface area contributed by atoms with E-state index in [0.29, 0.717) is 4.47 Å². The first-order valence-corrected chi connectivity index (χ1v) is 4.30. The van der Waals surface area contributed by atoms with Crippen LogP contribution in [0.25, 0.3) is 0 Å². The van der Waals surface area contributed by atoms with E-state index in [4.69, 9.17) is 5.73 Å². The lowest BCUT2D eigenvalue weighted by molar-refractivity contribution is 0.115. The molecular formula is C8H7BrF3N. The quantitative estimate of drug-likeness (QED) is 0.862. The molecule has 0 unspecified atom stereocenters. The maximum atomic E-state index is 12.9. The zero-order valence-corrected chi connectivity index (χ0v) is 8.06. The van der Waals surface area contributed by atoms with Gasteiger partial charge in [0.1, 0.15) is 5.82 Å². The Balaban J connectivity index is 3.05. The van der Waals surface area contributed by atoms with Crippen molar-refractivity contribution in [1.82, 2.24) is 0 Å². The number of alkyl halides is 2. The maximum Gasteiger partial charge on any atom is 0.257 e. The minimum Gasteiger partial charge on any atom is -0.319 e. The second-order valence-corrected chi connectivity index (χ2v) is 3.44. The molecule has 1 atom stereocenters. The van der Waals surface area contributed by atoms with Gasteiger partial charge >= 0.3 is 0 Å². The van der Waals surface area contributed by atoms with Crippen molar-refractivity contribution in [1.29, 1.82) is 0 Å². The van der Waals surface area contributed by atoms with Crippen molar-refractivity contribution in [3.63, 3.8) is 0 Å². The second kappa shape index (κ2) is 4.11. The molecule has 1 rings (SSSR count). The highest BCUT2D eigenvalue weighted by molar-refractivity contribution is 9.10. The molecule has 2 N–H and O–H groups in total. The molecule has 13 heavy (non-hydrogen) atoms. The first kappa shape index (κ1) is 10.5. The smallest absolute Gasteiger partial charge is 0.257 e. The highest BCUT2D eigenvalue weighted by Gasteiger charge is 2.20. The lowest BCUT2D eigenvalue weighted by atomic mass is 10.1. The molecule has 0 aliphatic heterocycles. The van der Waals surface area contributed by atoms with Crippen LogP contribution in [0.5, 0.6) is 0 Å². The SMILES string of the molecule is N[C@H](c1cc(Br)ccc1F)C(F)F. The van der Waals surface area contributed by atoms with Gasteiger partial charge in [0.15, 0.2) is 0 Å². The Labute approximate surface area is 81.9 Å². The predicted molar refractivity (Wildman–Crippen MR) is 47.0 cm³/mol. The third-order valence-corrected chi connectivity index (χ3v) is 2.08. The molecule has 72 valence electrons. The van der Waals surface area contributed by atoms with Crippen molar-refractivity contribution in [3.05, 3.63) is 34.1 Å². The largest absolute Gasteiger partial charge is 0.319 e. The van der Waals surface area contributed by atoms with Gasteiger partial charge in [0.2, 0.25) is 0 Å². The lowest BCUT2D eigenvalue weighted by Gasteiger charge is -2.11. The molecule has 0 aliphatic rings. The van der Waals surface area contributed by atoms with Gasteiger partial charge in [0.05, 0.1) is 6.04 Å². The van der Waals surface area contributed by atoms with E-state index in [-0.39, 0.29) is 5.56 Å².